The molecular formula is C13H11N3. The number of pyridine rings is 1. The van der Waals surface area contributed by atoms with E-state index in [2.05, 4.69) is 15.5 Å². The van der Waals surface area contributed by atoms with Crippen LogP contribution in [0.1, 0.15) is 0 Å². The SMILES string of the molecule is Nc1ccc(-c2cccc3nccn23)cc1. The van der Waals surface area contributed by atoms with Gasteiger partial charge >= 0.3 is 0 Å². The predicted octanol–water partition coefficient (Wildman–Crippen LogP) is 2.58. The Labute approximate surface area is 93.2 Å². The molecule has 3 heteroatoms. The largest absolute Gasteiger partial charge is 0.399 e. The summed E-state index contributed by atoms with van der Waals surface area (Å²) < 4.78 is 2.06. The van der Waals surface area contributed by atoms with E-state index < -0.39 is 0 Å². The van der Waals surface area contributed by atoms with E-state index in [0.29, 0.717) is 0 Å². The number of hydrogen-bond acceptors (Lipinski definition) is 2. The molecular weight excluding hydrogens is 198 g/mol. The second-order valence-electron chi connectivity index (χ2n) is 3.69. The lowest BCUT2D eigenvalue weighted by Crippen LogP contribution is -1.90. The van der Waals surface area contributed by atoms with Crippen LogP contribution in [0.15, 0.2) is 54.9 Å². The highest BCUT2D eigenvalue weighted by Gasteiger charge is 2.02. The maximum Gasteiger partial charge on any atom is 0.137 e. The van der Waals surface area contributed by atoms with Gasteiger partial charge in [-0.3, -0.25) is 4.40 Å². The standard InChI is InChI=1S/C13H11N3/c14-11-6-4-10(5-7-11)12-2-1-3-13-15-8-9-16(12)13/h1-9H,14H2. The normalized spacial score (nSPS) is 10.8. The van der Waals surface area contributed by atoms with Gasteiger partial charge in [0.2, 0.25) is 0 Å². The molecule has 1 aromatic carbocycles. The molecule has 0 unspecified atom stereocenters. The van der Waals surface area contributed by atoms with E-state index >= 15 is 0 Å². The number of fused-ring (bicyclic) bond motifs is 1. The molecule has 78 valence electrons. The van der Waals surface area contributed by atoms with E-state index in [0.717, 1.165) is 22.6 Å². The van der Waals surface area contributed by atoms with Crippen LogP contribution in [-0.4, -0.2) is 9.38 Å². The van der Waals surface area contributed by atoms with Crippen LogP contribution >= 0.6 is 0 Å². The number of benzene rings is 1. The van der Waals surface area contributed by atoms with E-state index in [1.165, 1.54) is 0 Å². The van der Waals surface area contributed by atoms with Crippen molar-refractivity contribution in [3.8, 4) is 11.3 Å². The fraction of sp³-hybridized carbons (Fsp3) is 0. The molecule has 0 amide bonds. The van der Waals surface area contributed by atoms with Gasteiger partial charge < -0.3 is 5.73 Å². The van der Waals surface area contributed by atoms with Crippen molar-refractivity contribution in [3.05, 3.63) is 54.9 Å². The molecule has 16 heavy (non-hydrogen) atoms. The summed E-state index contributed by atoms with van der Waals surface area (Å²) in [7, 11) is 0. The van der Waals surface area contributed by atoms with Crippen molar-refractivity contribution in [2.75, 3.05) is 5.73 Å². The Morgan fingerprint density at radius 3 is 2.62 bits per heavy atom. The number of aromatic nitrogens is 2. The van der Waals surface area contributed by atoms with Gasteiger partial charge in [-0.15, -0.1) is 0 Å². The third-order valence-electron chi connectivity index (χ3n) is 2.63. The summed E-state index contributed by atoms with van der Waals surface area (Å²) in [6, 6.07) is 13.9. The first-order valence-corrected chi connectivity index (χ1v) is 5.12. The zero-order valence-corrected chi connectivity index (χ0v) is 8.67. The lowest BCUT2D eigenvalue weighted by atomic mass is 10.1. The Morgan fingerprint density at radius 2 is 1.81 bits per heavy atom. The Bertz CT molecular complexity index is 623. The lowest BCUT2D eigenvalue weighted by Gasteiger charge is -2.05. The smallest absolute Gasteiger partial charge is 0.137 e. The summed E-state index contributed by atoms with van der Waals surface area (Å²) in [5.74, 6) is 0. The van der Waals surface area contributed by atoms with E-state index in [-0.39, 0.29) is 0 Å². The van der Waals surface area contributed by atoms with Crippen LogP contribution in [0.25, 0.3) is 16.9 Å². The number of nitrogens with zero attached hydrogens (tertiary/aromatic N) is 2. The Kier molecular flexibility index (Phi) is 1.90. The molecule has 0 radical (unpaired) electrons. The van der Waals surface area contributed by atoms with Crippen molar-refractivity contribution >= 4 is 11.3 Å². The van der Waals surface area contributed by atoms with E-state index in [1.54, 1.807) is 6.20 Å². The van der Waals surface area contributed by atoms with Crippen molar-refractivity contribution in [1.29, 1.82) is 0 Å². The van der Waals surface area contributed by atoms with Crippen LogP contribution in [0.3, 0.4) is 0 Å². The van der Waals surface area contributed by atoms with E-state index in [1.807, 2.05) is 42.6 Å². The number of hydrogen-bond donors (Lipinski definition) is 1. The third kappa shape index (κ3) is 1.34. The highest BCUT2D eigenvalue weighted by atomic mass is 15.0. The maximum atomic E-state index is 5.68. The average molecular weight is 209 g/mol. The summed E-state index contributed by atoms with van der Waals surface area (Å²) in [6.07, 6.45) is 3.76. The van der Waals surface area contributed by atoms with Crippen LogP contribution < -0.4 is 5.73 Å². The highest BCUT2D eigenvalue weighted by Crippen LogP contribution is 2.21. The minimum absolute atomic E-state index is 0.779. The number of imidazole rings is 1. The molecule has 0 saturated carbocycles. The van der Waals surface area contributed by atoms with Crippen LogP contribution in [0.5, 0.6) is 0 Å². The molecule has 2 heterocycles. The van der Waals surface area contributed by atoms with Crippen LogP contribution in [0.2, 0.25) is 0 Å². The second kappa shape index (κ2) is 3.38. The van der Waals surface area contributed by atoms with Crippen molar-refractivity contribution in [2.24, 2.45) is 0 Å². The minimum atomic E-state index is 0.779. The zero-order valence-electron chi connectivity index (χ0n) is 8.67. The van der Waals surface area contributed by atoms with E-state index in [9.17, 15) is 0 Å². The molecule has 0 atom stereocenters. The summed E-state index contributed by atoms with van der Waals surface area (Å²) in [5.41, 5.74) is 9.67. The number of anilines is 1. The fourth-order valence-corrected chi connectivity index (χ4v) is 1.84. The molecule has 0 aliphatic rings. The molecule has 0 fully saturated rings. The third-order valence-corrected chi connectivity index (χ3v) is 2.63. The van der Waals surface area contributed by atoms with Crippen LogP contribution in [0.4, 0.5) is 5.69 Å². The molecule has 2 aromatic heterocycles. The average Bonchev–Trinajstić information content (AvgIpc) is 2.78. The molecule has 3 aromatic rings. The van der Waals surface area contributed by atoms with Gasteiger partial charge in [-0.1, -0.05) is 18.2 Å². The Morgan fingerprint density at radius 1 is 1.00 bits per heavy atom. The molecule has 0 aliphatic carbocycles. The first-order chi connectivity index (χ1) is 7.84. The first kappa shape index (κ1) is 8.97. The van der Waals surface area contributed by atoms with Gasteiger partial charge in [-0.25, -0.2) is 4.98 Å². The molecule has 0 aliphatic heterocycles. The van der Waals surface area contributed by atoms with Crippen molar-refractivity contribution in [3.63, 3.8) is 0 Å². The monoisotopic (exact) mass is 209 g/mol. The van der Waals surface area contributed by atoms with Crippen molar-refractivity contribution in [2.45, 2.75) is 0 Å². The fourth-order valence-electron chi connectivity index (χ4n) is 1.84. The first-order valence-electron chi connectivity index (χ1n) is 5.12. The Hall–Kier alpha value is -2.29. The Balaban J connectivity index is 2.25. The molecule has 0 saturated heterocycles. The zero-order chi connectivity index (χ0) is 11.0. The van der Waals surface area contributed by atoms with Gasteiger partial charge in [-0.2, -0.15) is 0 Å². The molecule has 2 N–H and O–H groups in total. The summed E-state index contributed by atoms with van der Waals surface area (Å²) >= 11 is 0. The van der Waals surface area contributed by atoms with Gasteiger partial charge in [0.1, 0.15) is 5.65 Å². The summed E-state index contributed by atoms with van der Waals surface area (Å²) in [6.45, 7) is 0. The quantitative estimate of drug-likeness (QED) is 0.626. The summed E-state index contributed by atoms with van der Waals surface area (Å²) in [4.78, 5) is 4.26. The van der Waals surface area contributed by atoms with Crippen LogP contribution in [-0.2, 0) is 0 Å². The number of nitrogen functional groups attached to an aromatic ring is 1. The van der Waals surface area contributed by atoms with Crippen molar-refractivity contribution in [1.82, 2.24) is 9.38 Å². The maximum absolute atomic E-state index is 5.68. The van der Waals surface area contributed by atoms with Gasteiger partial charge in [0.05, 0.1) is 5.69 Å². The molecule has 3 nitrogen and oxygen atoms in total. The number of rotatable bonds is 1. The molecule has 3 rings (SSSR count). The molecule has 0 spiro atoms. The highest BCUT2D eigenvalue weighted by molar-refractivity contribution is 5.65. The van der Waals surface area contributed by atoms with Gasteiger partial charge in [0.15, 0.2) is 0 Å². The van der Waals surface area contributed by atoms with Crippen LogP contribution in [0, 0.1) is 0 Å². The summed E-state index contributed by atoms with van der Waals surface area (Å²) in [5, 5.41) is 0. The minimum Gasteiger partial charge on any atom is -0.399 e. The predicted molar refractivity (Wildman–Crippen MR) is 65.0 cm³/mol. The second-order valence-corrected chi connectivity index (χ2v) is 3.69. The van der Waals surface area contributed by atoms with E-state index in [4.69, 9.17) is 5.73 Å². The van der Waals surface area contributed by atoms with Gasteiger partial charge in [-0.05, 0) is 29.8 Å². The van der Waals surface area contributed by atoms with Gasteiger partial charge in [0, 0.05) is 18.1 Å². The molecule has 0 bridgehead atoms. The van der Waals surface area contributed by atoms with Crippen molar-refractivity contribution < 1.29 is 0 Å². The topological polar surface area (TPSA) is 43.3 Å². The van der Waals surface area contributed by atoms with Gasteiger partial charge in [0.25, 0.3) is 0 Å². The number of nitrogens with two attached hydrogens (primary N) is 1. The lowest BCUT2D eigenvalue weighted by molar-refractivity contribution is 1.19.